The molecule has 1 rings (SSSR count). The molecule has 19 heavy (non-hydrogen) atoms. The molecule has 0 saturated heterocycles. The average Bonchev–Trinajstić information content (AvgIpc) is 2.45. The smallest absolute Gasteiger partial charge is 0.253 e. The number of anilines is 1. The molecular weight excluding hydrogens is 238 g/mol. The van der Waals surface area contributed by atoms with Gasteiger partial charge in [0.05, 0.1) is 17.4 Å². The van der Waals surface area contributed by atoms with Gasteiger partial charge in [-0.3, -0.25) is 9.78 Å². The summed E-state index contributed by atoms with van der Waals surface area (Å²) in [5.74, 6) is -0.0162. The Morgan fingerprint density at radius 3 is 2.74 bits per heavy atom. The van der Waals surface area contributed by atoms with Crippen molar-refractivity contribution >= 4 is 11.6 Å². The fourth-order valence-corrected chi connectivity index (χ4v) is 1.84. The molecule has 0 saturated carbocycles. The lowest BCUT2D eigenvalue weighted by Crippen LogP contribution is -2.25. The number of aromatic nitrogens is 1. The summed E-state index contributed by atoms with van der Waals surface area (Å²) < 4.78 is 0. The third-order valence-electron chi connectivity index (χ3n) is 2.95. The molecular formula is C15H25N3O. The monoisotopic (exact) mass is 263 g/mol. The lowest BCUT2D eigenvalue weighted by molar-refractivity contribution is 0.0953. The topological polar surface area (TPSA) is 54.0 Å². The number of carbonyl (C=O) groups excluding carboxylic acids is 1. The van der Waals surface area contributed by atoms with Gasteiger partial charge in [-0.2, -0.15) is 0 Å². The van der Waals surface area contributed by atoms with Crippen molar-refractivity contribution in [3.05, 3.63) is 24.0 Å². The van der Waals surface area contributed by atoms with Crippen molar-refractivity contribution < 1.29 is 4.79 Å². The molecule has 0 unspecified atom stereocenters. The Morgan fingerprint density at radius 2 is 2.00 bits per heavy atom. The van der Waals surface area contributed by atoms with Gasteiger partial charge in [-0.05, 0) is 18.9 Å². The highest BCUT2D eigenvalue weighted by Gasteiger charge is 2.10. The van der Waals surface area contributed by atoms with Crippen molar-refractivity contribution in [3.63, 3.8) is 0 Å². The molecule has 0 aliphatic heterocycles. The van der Waals surface area contributed by atoms with Crippen molar-refractivity contribution in [2.75, 3.05) is 18.4 Å². The number of unbranched alkanes of at least 4 members (excludes halogenated alkanes) is 3. The van der Waals surface area contributed by atoms with Crippen molar-refractivity contribution in [3.8, 4) is 0 Å². The van der Waals surface area contributed by atoms with E-state index in [4.69, 9.17) is 0 Å². The summed E-state index contributed by atoms with van der Waals surface area (Å²) in [7, 11) is 0. The van der Waals surface area contributed by atoms with Gasteiger partial charge in [0.25, 0.3) is 5.91 Å². The molecule has 4 heteroatoms. The van der Waals surface area contributed by atoms with Crippen molar-refractivity contribution in [2.24, 2.45) is 0 Å². The van der Waals surface area contributed by atoms with Crippen LogP contribution < -0.4 is 10.6 Å². The van der Waals surface area contributed by atoms with Crippen LogP contribution in [0.5, 0.6) is 0 Å². The van der Waals surface area contributed by atoms with E-state index in [0.717, 1.165) is 31.6 Å². The number of rotatable bonds is 9. The minimum atomic E-state index is -0.0162. The van der Waals surface area contributed by atoms with Crippen LogP contribution in [0.4, 0.5) is 5.69 Å². The maximum absolute atomic E-state index is 12.1. The van der Waals surface area contributed by atoms with E-state index >= 15 is 0 Å². The summed E-state index contributed by atoms with van der Waals surface area (Å²) in [6.45, 7) is 5.87. The zero-order valence-corrected chi connectivity index (χ0v) is 12.0. The second-order valence-corrected chi connectivity index (χ2v) is 4.66. The predicted molar refractivity (Wildman–Crippen MR) is 79.5 cm³/mol. The number of carbonyl (C=O) groups is 1. The minimum absolute atomic E-state index is 0.0162. The summed E-state index contributed by atoms with van der Waals surface area (Å²) in [6.07, 6.45) is 9.05. The first kappa shape index (κ1) is 15.5. The number of hydrogen-bond donors (Lipinski definition) is 2. The molecule has 106 valence electrons. The fraction of sp³-hybridized carbons (Fsp3) is 0.600. The summed E-state index contributed by atoms with van der Waals surface area (Å²) in [5.41, 5.74) is 1.49. The van der Waals surface area contributed by atoms with Gasteiger partial charge in [-0.25, -0.2) is 0 Å². The van der Waals surface area contributed by atoms with Gasteiger partial charge in [-0.15, -0.1) is 0 Å². The largest absolute Gasteiger partial charge is 0.383 e. The molecule has 1 aromatic rings. The lowest BCUT2D eigenvalue weighted by Gasteiger charge is -2.11. The zero-order chi connectivity index (χ0) is 13.9. The molecule has 0 spiro atoms. The van der Waals surface area contributed by atoms with Gasteiger partial charge in [0.2, 0.25) is 0 Å². The first-order valence-corrected chi connectivity index (χ1v) is 7.25. The second-order valence-electron chi connectivity index (χ2n) is 4.66. The van der Waals surface area contributed by atoms with Crippen LogP contribution in [0.2, 0.25) is 0 Å². The van der Waals surface area contributed by atoms with Crippen LogP contribution in [-0.2, 0) is 0 Å². The van der Waals surface area contributed by atoms with Crippen molar-refractivity contribution in [2.45, 2.75) is 46.0 Å². The minimum Gasteiger partial charge on any atom is -0.383 e. The number of hydrogen-bond acceptors (Lipinski definition) is 3. The van der Waals surface area contributed by atoms with Gasteiger partial charge in [0.15, 0.2) is 0 Å². The third kappa shape index (κ3) is 5.73. The van der Waals surface area contributed by atoms with Crippen LogP contribution in [0.1, 0.15) is 56.3 Å². The number of nitrogens with zero attached hydrogens (tertiary/aromatic N) is 1. The van der Waals surface area contributed by atoms with Crippen molar-refractivity contribution in [1.29, 1.82) is 0 Å². The normalized spacial score (nSPS) is 10.2. The van der Waals surface area contributed by atoms with Crippen molar-refractivity contribution in [1.82, 2.24) is 10.3 Å². The quantitative estimate of drug-likeness (QED) is 0.673. The molecule has 4 nitrogen and oxygen atoms in total. The number of pyridine rings is 1. The maximum atomic E-state index is 12.1. The first-order valence-electron chi connectivity index (χ1n) is 7.25. The van der Waals surface area contributed by atoms with E-state index in [1.807, 2.05) is 0 Å². The van der Waals surface area contributed by atoms with E-state index < -0.39 is 0 Å². The molecule has 0 fully saturated rings. The zero-order valence-electron chi connectivity index (χ0n) is 12.0. The molecule has 0 aromatic carbocycles. The SMILES string of the molecule is CCCCCCNC(=O)c1ccncc1NCCC. The Balaban J connectivity index is 2.46. The van der Waals surface area contributed by atoms with Gasteiger partial charge in [0.1, 0.15) is 0 Å². The molecule has 0 aliphatic rings. The Bertz CT molecular complexity index is 379. The fourth-order valence-electron chi connectivity index (χ4n) is 1.84. The Morgan fingerprint density at radius 1 is 1.16 bits per heavy atom. The molecule has 1 heterocycles. The standard InChI is InChI=1S/C15H25N3O/c1-3-5-6-7-10-18-15(19)13-8-11-16-12-14(13)17-9-4-2/h8,11-12,17H,3-7,9-10H2,1-2H3,(H,18,19). The second kappa shape index (κ2) is 9.36. The predicted octanol–water partition coefficient (Wildman–Crippen LogP) is 3.21. The van der Waals surface area contributed by atoms with E-state index in [2.05, 4.69) is 29.5 Å². The summed E-state index contributed by atoms with van der Waals surface area (Å²) in [6, 6.07) is 1.76. The Kier molecular flexibility index (Phi) is 7.63. The average molecular weight is 263 g/mol. The first-order chi connectivity index (χ1) is 9.29. The summed E-state index contributed by atoms with van der Waals surface area (Å²) in [4.78, 5) is 16.1. The van der Waals surface area contributed by atoms with Crippen LogP contribution in [0.15, 0.2) is 18.5 Å². The molecule has 1 amide bonds. The van der Waals surface area contributed by atoms with Gasteiger partial charge in [-0.1, -0.05) is 33.1 Å². The summed E-state index contributed by atoms with van der Waals surface area (Å²) >= 11 is 0. The summed E-state index contributed by atoms with van der Waals surface area (Å²) in [5, 5.41) is 6.20. The van der Waals surface area contributed by atoms with E-state index in [1.54, 1.807) is 18.5 Å². The lowest BCUT2D eigenvalue weighted by atomic mass is 10.2. The Labute approximate surface area is 116 Å². The third-order valence-corrected chi connectivity index (χ3v) is 2.95. The highest BCUT2D eigenvalue weighted by atomic mass is 16.1. The molecule has 0 radical (unpaired) electrons. The van der Waals surface area contributed by atoms with Crippen LogP contribution in [0, 0.1) is 0 Å². The highest BCUT2D eigenvalue weighted by molar-refractivity contribution is 5.99. The van der Waals surface area contributed by atoms with Crippen LogP contribution in [-0.4, -0.2) is 24.0 Å². The van der Waals surface area contributed by atoms with Gasteiger partial charge < -0.3 is 10.6 Å². The molecule has 0 atom stereocenters. The van der Waals surface area contributed by atoms with Gasteiger partial charge in [0, 0.05) is 19.3 Å². The number of amides is 1. The van der Waals surface area contributed by atoms with Gasteiger partial charge >= 0.3 is 0 Å². The van der Waals surface area contributed by atoms with E-state index in [1.165, 1.54) is 19.3 Å². The molecule has 0 aliphatic carbocycles. The van der Waals surface area contributed by atoms with Crippen LogP contribution >= 0.6 is 0 Å². The molecule has 0 bridgehead atoms. The number of nitrogens with one attached hydrogen (secondary N) is 2. The van der Waals surface area contributed by atoms with Crippen LogP contribution in [0.25, 0.3) is 0 Å². The molecule has 2 N–H and O–H groups in total. The Hall–Kier alpha value is -1.58. The van der Waals surface area contributed by atoms with E-state index in [-0.39, 0.29) is 5.91 Å². The van der Waals surface area contributed by atoms with E-state index in [9.17, 15) is 4.79 Å². The van der Waals surface area contributed by atoms with Crippen LogP contribution in [0.3, 0.4) is 0 Å². The molecule has 1 aromatic heterocycles. The van der Waals surface area contributed by atoms with E-state index in [0.29, 0.717) is 5.56 Å². The highest BCUT2D eigenvalue weighted by Crippen LogP contribution is 2.13. The maximum Gasteiger partial charge on any atom is 0.253 e.